The number of benzene rings is 1. The van der Waals surface area contributed by atoms with Gasteiger partial charge in [-0.15, -0.1) is 0 Å². The monoisotopic (exact) mass is 497 g/mol. The Balaban J connectivity index is 1.54. The van der Waals surface area contributed by atoms with Gasteiger partial charge in [-0.2, -0.15) is 11.8 Å². The summed E-state index contributed by atoms with van der Waals surface area (Å²) in [6.07, 6.45) is 1.36. The largest absolute Gasteiger partial charge is 0.442 e. The van der Waals surface area contributed by atoms with E-state index in [2.05, 4.69) is 5.32 Å². The standard InChI is InChI=1S/C22H32FN5O5S/c1-32-14-20(29)27-8-6-26(7-9-27)19-4-3-15(11-17(19)23)28-13-16(33-22(28)31)12-25-21(30)18(24)5-10-34-2/h3-4,11,16,18H,5-10,12-14,24H2,1-2H3,(H,25,30)/t16-,18?/m1/s1. The average Bonchev–Trinajstić information content (AvgIpc) is 3.21. The summed E-state index contributed by atoms with van der Waals surface area (Å²) in [7, 11) is 1.48. The van der Waals surface area contributed by atoms with Crippen molar-refractivity contribution in [1.82, 2.24) is 10.2 Å². The van der Waals surface area contributed by atoms with E-state index in [1.807, 2.05) is 11.2 Å². The number of carbonyl (C=O) groups is 3. The van der Waals surface area contributed by atoms with Crippen molar-refractivity contribution in [2.24, 2.45) is 5.73 Å². The molecule has 2 fully saturated rings. The van der Waals surface area contributed by atoms with Gasteiger partial charge in [0.15, 0.2) is 0 Å². The van der Waals surface area contributed by atoms with Crippen molar-refractivity contribution in [3.05, 3.63) is 24.0 Å². The number of rotatable bonds is 10. The van der Waals surface area contributed by atoms with Gasteiger partial charge in [0.2, 0.25) is 11.8 Å². The SMILES string of the molecule is COCC(=O)N1CCN(c2ccc(N3C[C@@H](CNC(=O)C(N)CCSC)OC3=O)cc2F)CC1. The predicted octanol–water partition coefficient (Wildman–Crippen LogP) is 0.643. The van der Waals surface area contributed by atoms with Gasteiger partial charge in [-0.1, -0.05) is 0 Å². The number of nitrogens with one attached hydrogen (secondary N) is 1. The van der Waals surface area contributed by atoms with E-state index in [4.69, 9.17) is 15.2 Å². The fraction of sp³-hybridized carbons (Fsp3) is 0.591. The number of thioether (sulfide) groups is 1. The summed E-state index contributed by atoms with van der Waals surface area (Å²) < 4.78 is 25.1. The minimum absolute atomic E-state index is 0.0322. The maximum atomic E-state index is 14.9. The minimum atomic E-state index is -0.609. The van der Waals surface area contributed by atoms with Crippen molar-refractivity contribution in [2.45, 2.75) is 18.6 Å². The van der Waals surface area contributed by atoms with Gasteiger partial charge < -0.3 is 30.3 Å². The molecule has 3 N–H and O–H groups in total. The third kappa shape index (κ3) is 6.51. The quantitative estimate of drug-likeness (QED) is 0.484. The second-order valence-corrected chi connectivity index (χ2v) is 9.17. The zero-order valence-electron chi connectivity index (χ0n) is 19.5. The highest BCUT2D eigenvalue weighted by Gasteiger charge is 2.33. The Kier molecular flexibility index (Phi) is 9.36. The summed E-state index contributed by atoms with van der Waals surface area (Å²) in [4.78, 5) is 41.3. The van der Waals surface area contributed by atoms with Gasteiger partial charge >= 0.3 is 6.09 Å². The molecule has 10 nitrogen and oxygen atoms in total. The Morgan fingerprint density at radius 1 is 1.32 bits per heavy atom. The second-order valence-electron chi connectivity index (χ2n) is 8.19. The smallest absolute Gasteiger partial charge is 0.414 e. The number of carbonyl (C=O) groups excluding carboxylic acids is 3. The molecule has 2 aliphatic heterocycles. The van der Waals surface area contributed by atoms with Gasteiger partial charge in [0.25, 0.3) is 0 Å². The van der Waals surface area contributed by atoms with Crippen LogP contribution in [0.1, 0.15) is 6.42 Å². The van der Waals surface area contributed by atoms with Gasteiger partial charge in [-0.05, 0) is 36.6 Å². The van der Waals surface area contributed by atoms with Crippen molar-refractivity contribution in [2.75, 3.05) is 74.8 Å². The molecule has 0 aromatic heterocycles. The molecule has 2 heterocycles. The van der Waals surface area contributed by atoms with Crippen molar-refractivity contribution in [3.63, 3.8) is 0 Å². The van der Waals surface area contributed by atoms with Crippen molar-refractivity contribution in [3.8, 4) is 0 Å². The fourth-order valence-electron chi connectivity index (χ4n) is 3.89. The van der Waals surface area contributed by atoms with Crippen LogP contribution in [-0.2, 0) is 19.1 Å². The molecule has 0 bridgehead atoms. The topological polar surface area (TPSA) is 117 Å². The maximum Gasteiger partial charge on any atom is 0.414 e. The van der Waals surface area contributed by atoms with Crippen LogP contribution < -0.4 is 20.9 Å². The number of hydrogen-bond acceptors (Lipinski definition) is 8. The van der Waals surface area contributed by atoms with E-state index in [1.165, 1.54) is 18.1 Å². The number of methoxy groups -OCH3 is 1. The van der Waals surface area contributed by atoms with Gasteiger partial charge in [0.1, 0.15) is 18.5 Å². The minimum Gasteiger partial charge on any atom is -0.442 e. The second kappa shape index (κ2) is 12.2. The fourth-order valence-corrected chi connectivity index (χ4v) is 4.38. The number of amides is 3. The Labute approximate surface area is 202 Å². The van der Waals surface area contributed by atoms with E-state index in [0.29, 0.717) is 44.0 Å². The molecular formula is C22H32FN5O5S. The Bertz CT molecular complexity index is 883. The van der Waals surface area contributed by atoms with Crippen molar-refractivity contribution in [1.29, 1.82) is 0 Å². The van der Waals surface area contributed by atoms with Gasteiger partial charge in [-0.3, -0.25) is 14.5 Å². The highest BCUT2D eigenvalue weighted by molar-refractivity contribution is 7.98. The lowest BCUT2D eigenvalue weighted by atomic mass is 10.2. The molecular weight excluding hydrogens is 465 g/mol. The van der Waals surface area contributed by atoms with Crippen LogP contribution in [0.5, 0.6) is 0 Å². The number of nitrogens with zero attached hydrogens (tertiary/aromatic N) is 3. The zero-order chi connectivity index (χ0) is 24.7. The number of hydrogen-bond donors (Lipinski definition) is 2. The molecule has 0 spiro atoms. The first-order valence-electron chi connectivity index (χ1n) is 11.2. The molecule has 1 aromatic rings. The van der Waals surface area contributed by atoms with Crippen LogP contribution in [0, 0.1) is 5.82 Å². The van der Waals surface area contributed by atoms with Crippen LogP contribution in [0.3, 0.4) is 0 Å². The van der Waals surface area contributed by atoms with Crippen LogP contribution in [-0.4, -0.2) is 99.9 Å². The molecule has 12 heteroatoms. The lowest BCUT2D eigenvalue weighted by Crippen LogP contribution is -2.50. The lowest BCUT2D eigenvalue weighted by Gasteiger charge is -2.36. The number of cyclic esters (lactones) is 1. The molecule has 0 aliphatic carbocycles. The van der Waals surface area contributed by atoms with E-state index in [9.17, 15) is 18.8 Å². The van der Waals surface area contributed by atoms with Crippen molar-refractivity contribution < 1.29 is 28.2 Å². The first-order chi connectivity index (χ1) is 16.3. The number of nitrogens with two attached hydrogens (primary N) is 1. The molecule has 0 radical (unpaired) electrons. The van der Waals surface area contributed by atoms with E-state index in [-0.39, 0.29) is 31.5 Å². The molecule has 188 valence electrons. The third-order valence-electron chi connectivity index (χ3n) is 5.83. The van der Waals surface area contributed by atoms with E-state index < -0.39 is 24.1 Å². The molecule has 2 aliphatic rings. The van der Waals surface area contributed by atoms with Crippen molar-refractivity contribution >= 4 is 41.0 Å². The molecule has 34 heavy (non-hydrogen) atoms. The van der Waals surface area contributed by atoms with E-state index in [0.717, 1.165) is 5.75 Å². The predicted molar refractivity (Wildman–Crippen MR) is 129 cm³/mol. The summed E-state index contributed by atoms with van der Waals surface area (Å²) in [5, 5.41) is 2.72. The zero-order valence-corrected chi connectivity index (χ0v) is 20.3. The van der Waals surface area contributed by atoms with Crippen LogP contribution in [0.25, 0.3) is 0 Å². The average molecular weight is 498 g/mol. The summed E-state index contributed by atoms with van der Waals surface area (Å²) in [6.45, 7) is 2.33. The van der Waals surface area contributed by atoms with Crippen LogP contribution in [0.2, 0.25) is 0 Å². The number of anilines is 2. The van der Waals surface area contributed by atoms with E-state index in [1.54, 1.807) is 28.8 Å². The molecule has 3 rings (SSSR count). The highest BCUT2D eigenvalue weighted by atomic mass is 32.2. The number of ether oxygens (including phenoxy) is 2. The van der Waals surface area contributed by atoms with Crippen LogP contribution in [0.15, 0.2) is 18.2 Å². The molecule has 2 atom stereocenters. The third-order valence-corrected chi connectivity index (χ3v) is 6.48. The number of halogens is 1. The Hall–Kier alpha value is -2.57. The van der Waals surface area contributed by atoms with Gasteiger partial charge in [-0.25, -0.2) is 9.18 Å². The normalized spacial score (nSPS) is 19.2. The Morgan fingerprint density at radius 3 is 2.71 bits per heavy atom. The van der Waals surface area contributed by atoms with Crippen LogP contribution >= 0.6 is 11.8 Å². The molecule has 1 unspecified atom stereocenters. The number of piperazine rings is 1. The van der Waals surface area contributed by atoms with Gasteiger partial charge in [0, 0.05) is 33.3 Å². The molecule has 3 amide bonds. The summed E-state index contributed by atoms with van der Waals surface area (Å²) in [5.74, 6) is -0.0519. The lowest BCUT2D eigenvalue weighted by molar-refractivity contribution is -0.135. The first kappa shape index (κ1) is 26.0. The summed E-state index contributed by atoms with van der Waals surface area (Å²) >= 11 is 1.61. The Morgan fingerprint density at radius 2 is 2.06 bits per heavy atom. The highest BCUT2D eigenvalue weighted by Crippen LogP contribution is 2.28. The molecule has 1 aromatic carbocycles. The maximum absolute atomic E-state index is 14.9. The van der Waals surface area contributed by atoms with Gasteiger partial charge in [0.05, 0.1) is 30.5 Å². The van der Waals surface area contributed by atoms with E-state index >= 15 is 0 Å². The van der Waals surface area contributed by atoms with Crippen LogP contribution in [0.4, 0.5) is 20.6 Å². The summed E-state index contributed by atoms with van der Waals surface area (Å²) in [6, 6.07) is 3.99. The molecule has 0 saturated carbocycles. The first-order valence-corrected chi connectivity index (χ1v) is 12.5. The molecule has 2 saturated heterocycles. The summed E-state index contributed by atoms with van der Waals surface area (Å²) in [5.41, 5.74) is 6.64.